The average molecular weight is 355 g/mol. The fourth-order valence-electron chi connectivity index (χ4n) is 3.43. The molecule has 0 radical (unpaired) electrons. The minimum Gasteiger partial charge on any atom is -0.493 e. The SMILES string of the molecule is COc1cc2c(cc1OC)[C@@H](C)N(C(=O)c1ccccc1C(=O)O)CC2. The first-order valence-electron chi connectivity index (χ1n) is 8.36. The lowest BCUT2D eigenvalue weighted by Crippen LogP contribution is -2.39. The van der Waals surface area contributed by atoms with Gasteiger partial charge in [0.2, 0.25) is 0 Å². The summed E-state index contributed by atoms with van der Waals surface area (Å²) in [6.07, 6.45) is 0.668. The third kappa shape index (κ3) is 2.98. The summed E-state index contributed by atoms with van der Waals surface area (Å²) >= 11 is 0. The van der Waals surface area contributed by atoms with Gasteiger partial charge in [0.05, 0.1) is 31.4 Å². The molecular weight excluding hydrogens is 334 g/mol. The van der Waals surface area contributed by atoms with E-state index in [1.54, 1.807) is 37.3 Å². The third-order valence-corrected chi connectivity index (χ3v) is 4.83. The monoisotopic (exact) mass is 355 g/mol. The van der Waals surface area contributed by atoms with Gasteiger partial charge in [0.1, 0.15) is 0 Å². The van der Waals surface area contributed by atoms with Gasteiger partial charge in [-0.1, -0.05) is 12.1 Å². The zero-order valence-corrected chi connectivity index (χ0v) is 15.0. The number of carbonyl (C=O) groups is 2. The van der Waals surface area contributed by atoms with Crippen molar-refractivity contribution >= 4 is 11.9 Å². The van der Waals surface area contributed by atoms with Gasteiger partial charge in [-0.2, -0.15) is 0 Å². The molecule has 1 aliphatic rings. The Balaban J connectivity index is 1.98. The highest BCUT2D eigenvalue weighted by Crippen LogP contribution is 2.38. The Bertz CT molecular complexity index is 861. The second-order valence-electron chi connectivity index (χ2n) is 6.18. The maximum Gasteiger partial charge on any atom is 0.336 e. The van der Waals surface area contributed by atoms with Crippen LogP contribution in [0.15, 0.2) is 36.4 Å². The van der Waals surface area contributed by atoms with Crippen molar-refractivity contribution in [3.63, 3.8) is 0 Å². The Morgan fingerprint density at radius 3 is 2.31 bits per heavy atom. The number of fused-ring (bicyclic) bond motifs is 1. The number of ether oxygens (including phenoxy) is 2. The van der Waals surface area contributed by atoms with Crippen LogP contribution in [0.5, 0.6) is 11.5 Å². The fraction of sp³-hybridized carbons (Fsp3) is 0.300. The van der Waals surface area contributed by atoms with Crippen molar-refractivity contribution in [3.8, 4) is 11.5 Å². The van der Waals surface area contributed by atoms with E-state index in [1.807, 2.05) is 19.1 Å². The number of nitrogens with zero attached hydrogens (tertiary/aromatic N) is 1. The molecule has 0 aromatic heterocycles. The van der Waals surface area contributed by atoms with Gasteiger partial charge in [0, 0.05) is 6.54 Å². The van der Waals surface area contributed by atoms with E-state index in [2.05, 4.69) is 0 Å². The first kappa shape index (κ1) is 17.8. The van der Waals surface area contributed by atoms with Gasteiger partial charge >= 0.3 is 5.97 Å². The summed E-state index contributed by atoms with van der Waals surface area (Å²) < 4.78 is 10.7. The average Bonchev–Trinajstić information content (AvgIpc) is 2.66. The Labute approximate surface area is 152 Å². The van der Waals surface area contributed by atoms with Gasteiger partial charge in [-0.15, -0.1) is 0 Å². The van der Waals surface area contributed by atoms with Crippen LogP contribution >= 0.6 is 0 Å². The van der Waals surface area contributed by atoms with Crippen molar-refractivity contribution in [1.29, 1.82) is 0 Å². The van der Waals surface area contributed by atoms with Gasteiger partial charge in [-0.05, 0) is 48.7 Å². The molecule has 0 unspecified atom stereocenters. The summed E-state index contributed by atoms with van der Waals surface area (Å²) in [5, 5.41) is 9.36. The van der Waals surface area contributed by atoms with E-state index in [-0.39, 0.29) is 23.1 Å². The molecule has 0 aliphatic carbocycles. The lowest BCUT2D eigenvalue weighted by Gasteiger charge is -2.36. The number of amides is 1. The van der Waals surface area contributed by atoms with Crippen LogP contribution in [0.3, 0.4) is 0 Å². The standard InChI is InChI=1S/C20H21NO5/c1-12-16-11-18(26-3)17(25-2)10-13(16)8-9-21(12)19(22)14-6-4-5-7-15(14)20(23)24/h4-7,10-12H,8-9H2,1-3H3,(H,23,24)/t12-/m1/s1. The van der Waals surface area contributed by atoms with E-state index in [0.29, 0.717) is 24.5 Å². The molecule has 1 atom stereocenters. The molecule has 0 saturated heterocycles. The molecule has 0 saturated carbocycles. The summed E-state index contributed by atoms with van der Waals surface area (Å²) in [6.45, 7) is 2.45. The maximum atomic E-state index is 13.0. The van der Waals surface area contributed by atoms with Crippen LogP contribution in [0.1, 0.15) is 44.8 Å². The van der Waals surface area contributed by atoms with Crippen LogP contribution in [0.2, 0.25) is 0 Å². The highest BCUT2D eigenvalue weighted by atomic mass is 16.5. The summed E-state index contributed by atoms with van der Waals surface area (Å²) in [4.78, 5) is 26.2. The lowest BCUT2D eigenvalue weighted by atomic mass is 9.92. The largest absolute Gasteiger partial charge is 0.493 e. The predicted octanol–water partition coefficient (Wildman–Crippen LogP) is 3.16. The van der Waals surface area contributed by atoms with Crippen molar-refractivity contribution < 1.29 is 24.2 Å². The van der Waals surface area contributed by atoms with Crippen LogP contribution < -0.4 is 9.47 Å². The third-order valence-electron chi connectivity index (χ3n) is 4.83. The van der Waals surface area contributed by atoms with E-state index < -0.39 is 5.97 Å². The molecule has 1 aliphatic heterocycles. The number of carboxylic acid groups (broad SMARTS) is 1. The first-order valence-corrected chi connectivity index (χ1v) is 8.36. The van der Waals surface area contributed by atoms with Crippen LogP contribution in [-0.4, -0.2) is 42.6 Å². The zero-order valence-electron chi connectivity index (χ0n) is 15.0. The molecule has 26 heavy (non-hydrogen) atoms. The molecule has 0 spiro atoms. The van der Waals surface area contributed by atoms with E-state index >= 15 is 0 Å². The van der Waals surface area contributed by atoms with Crippen molar-refractivity contribution in [1.82, 2.24) is 4.90 Å². The Morgan fingerprint density at radius 2 is 1.69 bits per heavy atom. The second-order valence-corrected chi connectivity index (χ2v) is 6.18. The number of hydrogen-bond donors (Lipinski definition) is 1. The van der Waals surface area contributed by atoms with E-state index in [0.717, 1.165) is 11.1 Å². The highest BCUT2D eigenvalue weighted by molar-refractivity contribution is 6.05. The quantitative estimate of drug-likeness (QED) is 0.912. The van der Waals surface area contributed by atoms with Crippen LogP contribution in [0.4, 0.5) is 0 Å². The minimum atomic E-state index is -1.11. The molecule has 0 fully saturated rings. The molecule has 0 bridgehead atoms. The number of carbonyl (C=O) groups excluding carboxylic acids is 1. The molecule has 3 rings (SSSR count). The number of carboxylic acids is 1. The fourth-order valence-corrected chi connectivity index (χ4v) is 3.43. The van der Waals surface area contributed by atoms with Crippen LogP contribution in [0, 0.1) is 0 Å². The number of hydrogen-bond acceptors (Lipinski definition) is 4. The maximum absolute atomic E-state index is 13.0. The molecule has 2 aromatic carbocycles. The predicted molar refractivity (Wildman–Crippen MR) is 96.1 cm³/mol. The topological polar surface area (TPSA) is 76.1 Å². The van der Waals surface area contributed by atoms with Crippen molar-refractivity contribution in [2.45, 2.75) is 19.4 Å². The van der Waals surface area contributed by atoms with Gasteiger partial charge < -0.3 is 19.5 Å². The second kappa shape index (κ2) is 7.07. The van der Waals surface area contributed by atoms with Gasteiger partial charge in [0.25, 0.3) is 5.91 Å². The van der Waals surface area contributed by atoms with E-state index in [1.165, 1.54) is 6.07 Å². The van der Waals surface area contributed by atoms with Crippen LogP contribution in [0.25, 0.3) is 0 Å². The molecule has 1 N–H and O–H groups in total. The number of rotatable bonds is 4. The van der Waals surface area contributed by atoms with Crippen molar-refractivity contribution in [2.24, 2.45) is 0 Å². The van der Waals surface area contributed by atoms with E-state index in [4.69, 9.17) is 9.47 Å². The van der Waals surface area contributed by atoms with Crippen molar-refractivity contribution in [3.05, 3.63) is 58.7 Å². The molecule has 1 heterocycles. The molecule has 6 nitrogen and oxygen atoms in total. The van der Waals surface area contributed by atoms with Gasteiger partial charge in [-0.3, -0.25) is 4.79 Å². The summed E-state index contributed by atoms with van der Waals surface area (Å²) in [6, 6.07) is 9.93. The summed E-state index contributed by atoms with van der Waals surface area (Å²) in [7, 11) is 3.17. The van der Waals surface area contributed by atoms with Crippen LogP contribution in [-0.2, 0) is 6.42 Å². The first-order chi connectivity index (χ1) is 12.5. The number of aromatic carboxylic acids is 1. The van der Waals surface area contributed by atoms with Gasteiger partial charge in [0.15, 0.2) is 11.5 Å². The van der Waals surface area contributed by atoms with E-state index in [9.17, 15) is 14.7 Å². The normalized spacial score (nSPS) is 16.0. The summed E-state index contributed by atoms with van der Waals surface area (Å²) in [5.41, 5.74) is 2.30. The van der Waals surface area contributed by atoms with Crippen molar-refractivity contribution in [2.75, 3.05) is 20.8 Å². The summed E-state index contributed by atoms with van der Waals surface area (Å²) in [5.74, 6) is -0.117. The molecule has 6 heteroatoms. The molecule has 2 aromatic rings. The molecule has 136 valence electrons. The minimum absolute atomic E-state index is 0.0165. The van der Waals surface area contributed by atoms with Gasteiger partial charge in [-0.25, -0.2) is 4.79 Å². The molecule has 1 amide bonds. The highest BCUT2D eigenvalue weighted by Gasteiger charge is 2.31. The molecular formula is C20H21NO5. The number of methoxy groups -OCH3 is 2. The smallest absolute Gasteiger partial charge is 0.336 e. The lowest BCUT2D eigenvalue weighted by molar-refractivity contribution is 0.0643. The zero-order chi connectivity index (χ0) is 18.8. The Hall–Kier alpha value is -3.02. The number of benzene rings is 2. The Morgan fingerprint density at radius 1 is 1.08 bits per heavy atom. The Kier molecular flexibility index (Phi) is 4.84.